The van der Waals surface area contributed by atoms with Crippen molar-refractivity contribution in [3.63, 3.8) is 0 Å². The summed E-state index contributed by atoms with van der Waals surface area (Å²) in [5.41, 5.74) is 5.46. The first kappa shape index (κ1) is 13.3. The minimum Gasteiger partial charge on any atom is -0.481 e. The predicted molar refractivity (Wildman–Crippen MR) is 46.9 cm³/mol. The fourth-order valence-electron chi connectivity index (χ4n) is 0.494. The number of carbonyl (C=O) groups is 1. The molecule has 0 fully saturated rings. The Morgan fingerprint density at radius 1 is 1.55 bits per heavy atom. The van der Waals surface area contributed by atoms with Crippen LogP contribution in [0.2, 0.25) is 0 Å². The number of halogens is 1. The molecular weight excluding hydrogens is 166 g/mol. The lowest BCUT2D eigenvalue weighted by Crippen LogP contribution is -2.36. The van der Waals surface area contributed by atoms with Gasteiger partial charge in [0.1, 0.15) is 0 Å². The van der Waals surface area contributed by atoms with Gasteiger partial charge in [0.2, 0.25) is 0 Å². The molecule has 0 amide bonds. The lowest BCUT2D eigenvalue weighted by atomic mass is 9.86. The van der Waals surface area contributed by atoms with Gasteiger partial charge in [-0.15, -0.1) is 12.4 Å². The zero-order valence-electron chi connectivity index (χ0n) is 7.13. The molecule has 0 aliphatic rings. The van der Waals surface area contributed by atoms with Gasteiger partial charge in [-0.3, -0.25) is 4.79 Å². The normalized spacial score (nSPS) is 13.5. The van der Waals surface area contributed by atoms with Crippen LogP contribution in [0.5, 0.6) is 0 Å². The Kier molecular flexibility index (Phi) is 5.53. The zero-order chi connectivity index (χ0) is 8.36. The SMILES string of the molecule is CC(C)(C)[C@@H](N)CC(=O)O.Cl. The molecule has 0 aliphatic heterocycles. The summed E-state index contributed by atoms with van der Waals surface area (Å²) in [7, 11) is 0. The van der Waals surface area contributed by atoms with E-state index in [-0.39, 0.29) is 30.3 Å². The van der Waals surface area contributed by atoms with Crippen molar-refractivity contribution in [1.82, 2.24) is 0 Å². The van der Waals surface area contributed by atoms with Crippen LogP contribution in [0.15, 0.2) is 0 Å². The molecule has 0 unspecified atom stereocenters. The van der Waals surface area contributed by atoms with Crippen LogP contribution >= 0.6 is 12.4 Å². The van der Waals surface area contributed by atoms with E-state index in [2.05, 4.69) is 0 Å². The summed E-state index contributed by atoms with van der Waals surface area (Å²) in [6, 6.07) is -0.259. The van der Waals surface area contributed by atoms with E-state index in [9.17, 15) is 4.79 Å². The summed E-state index contributed by atoms with van der Waals surface area (Å²) in [6.07, 6.45) is 0.0451. The third-order valence-electron chi connectivity index (χ3n) is 1.51. The first-order valence-electron chi connectivity index (χ1n) is 3.31. The second-order valence-corrected chi connectivity index (χ2v) is 3.57. The largest absolute Gasteiger partial charge is 0.481 e. The van der Waals surface area contributed by atoms with Gasteiger partial charge in [0, 0.05) is 6.04 Å². The molecule has 3 nitrogen and oxygen atoms in total. The highest BCUT2D eigenvalue weighted by molar-refractivity contribution is 5.85. The molecule has 0 aromatic heterocycles. The summed E-state index contributed by atoms with van der Waals surface area (Å²) in [5, 5.41) is 8.37. The molecule has 0 rings (SSSR count). The maximum Gasteiger partial charge on any atom is 0.304 e. The monoisotopic (exact) mass is 181 g/mol. The molecule has 0 aromatic carbocycles. The topological polar surface area (TPSA) is 63.3 Å². The van der Waals surface area contributed by atoms with E-state index in [0.717, 1.165) is 0 Å². The van der Waals surface area contributed by atoms with Crippen LogP contribution in [0.3, 0.4) is 0 Å². The predicted octanol–water partition coefficient (Wildman–Crippen LogP) is 1.26. The fraction of sp³-hybridized carbons (Fsp3) is 0.857. The maximum absolute atomic E-state index is 10.2. The third kappa shape index (κ3) is 6.13. The van der Waals surface area contributed by atoms with Gasteiger partial charge in [0.15, 0.2) is 0 Å². The number of carboxylic acid groups (broad SMARTS) is 1. The molecule has 3 N–H and O–H groups in total. The fourth-order valence-corrected chi connectivity index (χ4v) is 0.494. The molecule has 68 valence electrons. The van der Waals surface area contributed by atoms with Crippen molar-refractivity contribution in [2.75, 3.05) is 0 Å². The molecular formula is C7H16ClNO2. The number of rotatable bonds is 2. The first-order valence-corrected chi connectivity index (χ1v) is 3.31. The average Bonchev–Trinajstić information content (AvgIpc) is 1.60. The number of hydrogen-bond acceptors (Lipinski definition) is 2. The number of carboxylic acids is 1. The Morgan fingerprint density at radius 2 is 1.91 bits per heavy atom. The van der Waals surface area contributed by atoms with Crippen LogP contribution in [-0.2, 0) is 4.79 Å². The van der Waals surface area contributed by atoms with E-state index >= 15 is 0 Å². The Balaban J connectivity index is 0. The number of nitrogens with two attached hydrogens (primary N) is 1. The summed E-state index contributed by atoms with van der Waals surface area (Å²) < 4.78 is 0. The first-order chi connectivity index (χ1) is 4.34. The molecule has 0 saturated heterocycles. The molecule has 0 radical (unpaired) electrons. The molecule has 4 heteroatoms. The van der Waals surface area contributed by atoms with Gasteiger partial charge in [0.05, 0.1) is 6.42 Å². The van der Waals surface area contributed by atoms with E-state index in [1.54, 1.807) is 0 Å². The molecule has 0 aromatic rings. The third-order valence-corrected chi connectivity index (χ3v) is 1.51. The minimum absolute atomic E-state index is 0. The maximum atomic E-state index is 10.2. The lowest BCUT2D eigenvalue weighted by Gasteiger charge is -2.25. The smallest absolute Gasteiger partial charge is 0.304 e. The molecule has 0 bridgehead atoms. The molecule has 11 heavy (non-hydrogen) atoms. The van der Waals surface area contributed by atoms with Crippen molar-refractivity contribution in [1.29, 1.82) is 0 Å². The van der Waals surface area contributed by atoms with Crippen molar-refractivity contribution >= 4 is 18.4 Å². The summed E-state index contributed by atoms with van der Waals surface area (Å²) in [6.45, 7) is 5.79. The van der Waals surface area contributed by atoms with Gasteiger partial charge in [-0.25, -0.2) is 0 Å². The van der Waals surface area contributed by atoms with Gasteiger partial charge in [-0.05, 0) is 5.41 Å². The van der Waals surface area contributed by atoms with Gasteiger partial charge in [-0.2, -0.15) is 0 Å². The highest BCUT2D eigenvalue weighted by Crippen LogP contribution is 2.19. The van der Waals surface area contributed by atoms with E-state index < -0.39 is 5.97 Å². The van der Waals surface area contributed by atoms with Gasteiger partial charge < -0.3 is 10.8 Å². The molecule has 0 spiro atoms. The number of aliphatic carboxylic acids is 1. The summed E-state index contributed by atoms with van der Waals surface area (Å²) in [4.78, 5) is 10.2. The van der Waals surface area contributed by atoms with E-state index in [4.69, 9.17) is 10.8 Å². The van der Waals surface area contributed by atoms with Crippen LogP contribution in [-0.4, -0.2) is 17.1 Å². The minimum atomic E-state index is -0.831. The second kappa shape index (κ2) is 4.57. The van der Waals surface area contributed by atoms with E-state index in [0.29, 0.717) is 0 Å². The zero-order valence-corrected chi connectivity index (χ0v) is 7.94. The van der Waals surface area contributed by atoms with Crippen LogP contribution in [0.4, 0.5) is 0 Å². The van der Waals surface area contributed by atoms with E-state index in [1.165, 1.54) is 0 Å². The van der Waals surface area contributed by atoms with Crippen LogP contribution in [0, 0.1) is 5.41 Å². The Bertz CT molecular complexity index is 131. The molecule has 1 atom stereocenters. The summed E-state index contributed by atoms with van der Waals surface area (Å²) in [5.74, 6) is -0.831. The quantitative estimate of drug-likeness (QED) is 0.674. The molecule has 0 heterocycles. The highest BCUT2D eigenvalue weighted by Gasteiger charge is 2.22. The molecule has 0 saturated carbocycles. The van der Waals surface area contributed by atoms with Gasteiger partial charge in [-0.1, -0.05) is 20.8 Å². The van der Waals surface area contributed by atoms with E-state index in [1.807, 2.05) is 20.8 Å². The van der Waals surface area contributed by atoms with Crippen molar-refractivity contribution in [2.45, 2.75) is 33.2 Å². The Hall–Kier alpha value is -0.280. The van der Waals surface area contributed by atoms with Crippen molar-refractivity contribution in [2.24, 2.45) is 11.1 Å². The van der Waals surface area contributed by atoms with Crippen molar-refractivity contribution in [3.05, 3.63) is 0 Å². The molecule has 0 aliphatic carbocycles. The van der Waals surface area contributed by atoms with Gasteiger partial charge >= 0.3 is 5.97 Å². The average molecular weight is 182 g/mol. The van der Waals surface area contributed by atoms with Crippen LogP contribution in [0.1, 0.15) is 27.2 Å². The standard InChI is InChI=1S/C7H15NO2.ClH/c1-7(2,3)5(8)4-6(9)10;/h5H,4,8H2,1-3H3,(H,9,10);1H/t5-;/m0./s1. The van der Waals surface area contributed by atoms with Crippen LogP contribution in [0.25, 0.3) is 0 Å². The Morgan fingerprint density at radius 3 is 2.00 bits per heavy atom. The Labute approximate surface area is 73.4 Å². The number of hydrogen-bond donors (Lipinski definition) is 2. The second-order valence-electron chi connectivity index (χ2n) is 3.57. The highest BCUT2D eigenvalue weighted by atomic mass is 35.5. The van der Waals surface area contributed by atoms with Gasteiger partial charge in [0.25, 0.3) is 0 Å². The van der Waals surface area contributed by atoms with Crippen molar-refractivity contribution < 1.29 is 9.90 Å². The lowest BCUT2D eigenvalue weighted by molar-refractivity contribution is -0.138. The van der Waals surface area contributed by atoms with Crippen molar-refractivity contribution in [3.8, 4) is 0 Å². The summed E-state index contributed by atoms with van der Waals surface area (Å²) >= 11 is 0. The van der Waals surface area contributed by atoms with Crippen LogP contribution < -0.4 is 5.73 Å².